The summed E-state index contributed by atoms with van der Waals surface area (Å²) in [5.74, 6) is 0.271. The van der Waals surface area contributed by atoms with Gasteiger partial charge in [0.1, 0.15) is 11.8 Å². The largest absolute Gasteiger partial charge is 0.497 e. The zero-order valence-electron chi connectivity index (χ0n) is 17.3. The number of anilines is 1. The van der Waals surface area contributed by atoms with Crippen LogP contribution < -0.4 is 14.4 Å². The van der Waals surface area contributed by atoms with Gasteiger partial charge in [-0.1, -0.05) is 43.3 Å². The van der Waals surface area contributed by atoms with Crippen molar-refractivity contribution in [3.63, 3.8) is 0 Å². The fourth-order valence-corrected chi connectivity index (χ4v) is 4.66. The molecule has 0 spiro atoms. The molecule has 0 aliphatic heterocycles. The van der Waals surface area contributed by atoms with Crippen LogP contribution in [0.2, 0.25) is 0 Å². The van der Waals surface area contributed by atoms with Gasteiger partial charge in [0.2, 0.25) is 15.9 Å². The monoisotopic (exact) mass is 426 g/mol. The van der Waals surface area contributed by atoms with Gasteiger partial charge in [-0.2, -0.15) is 0 Å². The summed E-state index contributed by atoms with van der Waals surface area (Å²) in [6.07, 6.45) is 1.44. The number of nitrogens with one attached hydrogen (secondary N) is 1. The lowest BCUT2D eigenvalue weighted by atomic mass is 10.1. The summed E-state index contributed by atoms with van der Waals surface area (Å²) in [6, 6.07) is 19.8. The van der Waals surface area contributed by atoms with Crippen LogP contribution in [0, 0.1) is 0 Å². The number of sulfonamides is 1. The molecule has 0 fully saturated rings. The number of methoxy groups -OCH3 is 1. The van der Waals surface area contributed by atoms with E-state index in [4.69, 9.17) is 4.74 Å². The van der Waals surface area contributed by atoms with E-state index in [1.54, 1.807) is 38.3 Å². The molecule has 1 atom stereocenters. The highest BCUT2D eigenvalue weighted by molar-refractivity contribution is 7.92. The van der Waals surface area contributed by atoms with Crippen LogP contribution in [0.4, 0.5) is 5.69 Å². The van der Waals surface area contributed by atoms with E-state index >= 15 is 0 Å². The van der Waals surface area contributed by atoms with Crippen molar-refractivity contribution < 1.29 is 17.9 Å². The van der Waals surface area contributed by atoms with Crippen molar-refractivity contribution in [1.82, 2.24) is 5.32 Å². The van der Waals surface area contributed by atoms with Crippen LogP contribution >= 0.6 is 0 Å². The van der Waals surface area contributed by atoms with E-state index in [1.807, 2.05) is 42.5 Å². The van der Waals surface area contributed by atoms with Gasteiger partial charge in [0.05, 0.1) is 19.1 Å². The van der Waals surface area contributed by atoms with Crippen molar-refractivity contribution in [3.05, 3.63) is 72.3 Å². The lowest BCUT2D eigenvalue weighted by Gasteiger charge is -2.30. The fraction of sp³-hybridized carbons (Fsp3) is 0.261. The first-order valence-electron chi connectivity index (χ1n) is 9.72. The van der Waals surface area contributed by atoms with Gasteiger partial charge in [0, 0.05) is 6.54 Å². The van der Waals surface area contributed by atoms with Crippen LogP contribution in [0.3, 0.4) is 0 Å². The standard InChI is InChI=1S/C23H26N2O4S/c1-4-22(25(30(3,27)28)20-11-13-21(29-2)14-12-20)23(26)24-16-17-9-10-18-7-5-6-8-19(18)15-17/h5-15,22H,4,16H2,1-3H3,(H,24,26). The van der Waals surface area contributed by atoms with Gasteiger partial charge in [-0.15, -0.1) is 0 Å². The average Bonchev–Trinajstić information content (AvgIpc) is 2.75. The predicted molar refractivity (Wildman–Crippen MR) is 120 cm³/mol. The Balaban J connectivity index is 1.80. The van der Waals surface area contributed by atoms with Crippen LogP contribution in [-0.4, -0.2) is 33.7 Å². The molecule has 0 saturated carbocycles. The molecule has 0 saturated heterocycles. The minimum atomic E-state index is -3.67. The zero-order valence-corrected chi connectivity index (χ0v) is 18.1. The molecule has 6 nitrogen and oxygen atoms in total. The van der Waals surface area contributed by atoms with Gasteiger partial charge < -0.3 is 10.1 Å². The van der Waals surface area contributed by atoms with Gasteiger partial charge >= 0.3 is 0 Å². The topological polar surface area (TPSA) is 75.7 Å². The minimum Gasteiger partial charge on any atom is -0.497 e. The molecule has 1 N–H and O–H groups in total. The van der Waals surface area contributed by atoms with Crippen LogP contribution in [0.5, 0.6) is 5.75 Å². The molecule has 0 aliphatic carbocycles. The summed E-state index contributed by atoms with van der Waals surface area (Å²) in [6.45, 7) is 2.11. The lowest BCUT2D eigenvalue weighted by Crippen LogP contribution is -2.49. The summed E-state index contributed by atoms with van der Waals surface area (Å²) in [7, 11) is -2.13. The zero-order chi connectivity index (χ0) is 21.7. The van der Waals surface area contributed by atoms with Crippen molar-refractivity contribution >= 4 is 32.4 Å². The Morgan fingerprint density at radius 2 is 1.70 bits per heavy atom. The number of amides is 1. The van der Waals surface area contributed by atoms with Crippen molar-refractivity contribution in [2.24, 2.45) is 0 Å². The molecular weight excluding hydrogens is 400 g/mol. The molecule has 7 heteroatoms. The van der Waals surface area contributed by atoms with E-state index in [0.717, 1.165) is 22.6 Å². The molecule has 1 amide bonds. The van der Waals surface area contributed by atoms with Gasteiger partial charge in [-0.3, -0.25) is 9.10 Å². The third kappa shape index (κ3) is 4.91. The normalized spacial score (nSPS) is 12.4. The van der Waals surface area contributed by atoms with E-state index in [9.17, 15) is 13.2 Å². The molecule has 3 aromatic carbocycles. The fourth-order valence-electron chi connectivity index (χ4n) is 3.45. The molecule has 0 aromatic heterocycles. The smallest absolute Gasteiger partial charge is 0.244 e. The molecule has 30 heavy (non-hydrogen) atoms. The van der Waals surface area contributed by atoms with Gasteiger partial charge in [0.15, 0.2) is 0 Å². The molecule has 3 aromatic rings. The summed E-state index contributed by atoms with van der Waals surface area (Å²) in [4.78, 5) is 13.0. The summed E-state index contributed by atoms with van der Waals surface area (Å²) in [5.41, 5.74) is 1.37. The number of carbonyl (C=O) groups is 1. The Bertz CT molecular complexity index is 1130. The van der Waals surface area contributed by atoms with E-state index in [0.29, 0.717) is 24.4 Å². The molecule has 0 bridgehead atoms. The van der Waals surface area contributed by atoms with Crippen molar-refractivity contribution in [2.45, 2.75) is 25.9 Å². The number of carbonyl (C=O) groups excluding carboxylic acids is 1. The Morgan fingerprint density at radius 3 is 2.30 bits per heavy atom. The van der Waals surface area contributed by atoms with E-state index in [2.05, 4.69) is 5.32 Å². The number of hydrogen-bond donors (Lipinski definition) is 1. The van der Waals surface area contributed by atoms with Gasteiger partial charge in [0.25, 0.3) is 0 Å². The summed E-state index contributed by atoms with van der Waals surface area (Å²) >= 11 is 0. The first kappa shape index (κ1) is 21.6. The SMILES string of the molecule is CCC(C(=O)NCc1ccc2ccccc2c1)N(c1ccc(OC)cc1)S(C)(=O)=O. The first-order valence-corrected chi connectivity index (χ1v) is 11.6. The second-order valence-electron chi connectivity index (χ2n) is 7.08. The Hall–Kier alpha value is -3.06. The predicted octanol–water partition coefficient (Wildman–Crippen LogP) is 3.71. The van der Waals surface area contributed by atoms with Gasteiger partial charge in [-0.25, -0.2) is 8.42 Å². The molecule has 3 rings (SSSR count). The maximum atomic E-state index is 13.0. The third-order valence-electron chi connectivity index (χ3n) is 4.94. The van der Waals surface area contributed by atoms with E-state index < -0.39 is 16.1 Å². The molecule has 0 aliphatic rings. The lowest BCUT2D eigenvalue weighted by molar-refractivity contribution is -0.122. The molecule has 0 heterocycles. The minimum absolute atomic E-state index is 0.320. The molecule has 0 radical (unpaired) electrons. The maximum Gasteiger partial charge on any atom is 0.244 e. The second kappa shape index (κ2) is 9.17. The number of nitrogens with zero attached hydrogens (tertiary/aromatic N) is 1. The summed E-state index contributed by atoms with van der Waals surface area (Å²) < 4.78 is 31.4. The van der Waals surface area contributed by atoms with Crippen LogP contribution in [0.15, 0.2) is 66.7 Å². The highest BCUT2D eigenvalue weighted by Crippen LogP contribution is 2.25. The number of benzene rings is 3. The van der Waals surface area contributed by atoms with Crippen molar-refractivity contribution in [2.75, 3.05) is 17.7 Å². The molecular formula is C23H26N2O4S. The number of rotatable bonds is 8. The highest BCUT2D eigenvalue weighted by atomic mass is 32.2. The number of hydrogen-bond acceptors (Lipinski definition) is 4. The Kier molecular flexibility index (Phi) is 6.62. The van der Waals surface area contributed by atoms with Crippen LogP contribution in [0.1, 0.15) is 18.9 Å². The molecule has 1 unspecified atom stereocenters. The maximum absolute atomic E-state index is 13.0. The van der Waals surface area contributed by atoms with Gasteiger partial charge in [-0.05, 0) is 53.1 Å². The highest BCUT2D eigenvalue weighted by Gasteiger charge is 2.31. The number of fused-ring (bicyclic) bond motifs is 1. The third-order valence-corrected chi connectivity index (χ3v) is 6.12. The summed E-state index contributed by atoms with van der Waals surface area (Å²) in [5, 5.41) is 5.11. The van der Waals surface area contributed by atoms with Crippen LogP contribution in [0.25, 0.3) is 10.8 Å². The van der Waals surface area contributed by atoms with Crippen molar-refractivity contribution in [3.8, 4) is 5.75 Å². The average molecular weight is 427 g/mol. The Morgan fingerprint density at radius 1 is 1.03 bits per heavy atom. The second-order valence-corrected chi connectivity index (χ2v) is 8.94. The molecule has 158 valence electrons. The first-order chi connectivity index (χ1) is 14.3. The quantitative estimate of drug-likeness (QED) is 0.596. The van der Waals surface area contributed by atoms with E-state index in [1.165, 1.54) is 4.31 Å². The van der Waals surface area contributed by atoms with E-state index in [-0.39, 0.29) is 5.91 Å². The van der Waals surface area contributed by atoms with Crippen molar-refractivity contribution in [1.29, 1.82) is 0 Å². The number of ether oxygens (including phenoxy) is 1. The van der Waals surface area contributed by atoms with Crippen LogP contribution in [-0.2, 0) is 21.4 Å². The Labute approximate surface area is 177 Å².